The molecule has 0 unspecified atom stereocenters. The number of aromatic nitrogens is 2. The second-order valence-corrected chi connectivity index (χ2v) is 8.20. The second-order valence-electron chi connectivity index (χ2n) is 8.20. The largest absolute Gasteiger partial charge is 0.500 e. The molecule has 0 atom stereocenters. The van der Waals surface area contributed by atoms with Crippen LogP contribution in [0.3, 0.4) is 0 Å². The molecule has 3 heterocycles. The Bertz CT molecular complexity index is 2030. The summed E-state index contributed by atoms with van der Waals surface area (Å²) in [5, 5.41) is 1.24. The molecule has 0 saturated carbocycles. The van der Waals surface area contributed by atoms with Crippen molar-refractivity contribution in [2.75, 3.05) is 0 Å². The van der Waals surface area contributed by atoms with E-state index in [1.165, 1.54) is 6.07 Å². The van der Waals surface area contributed by atoms with Gasteiger partial charge in [0.15, 0.2) is 0 Å². The van der Waals surface area contributed by atoms with Crippen molar-refractivity contribution in [2.24, 2.45) is 0 Å². The molecule has 7 aromatic rings. The topological polar surface area (TPSA) is 38.9 Å². The zero-order valence-corrected chi connectivity index (χ0v) is 22.6. The van der Waals surface area contributed by atoms with Gasteiger partial charge < -0.3 is 14.4 Å². The van der Waals surface area contributed by atoms with E-state index in [-0.39, 0.29) is 36.8 Å². The van der Waals surface area contributed by atoms with Crippen LogP contribution in [0.25, 0.3) is 55.6 Å². The molecule has 3 nitrogen and oxygen atoms in total. The van der Waals surface area contributed by atoms with E-state index in [0.29, 0.717) is 27.6 Å². The van der Waals surface area contributed by atoms with Gasteiger partial charge in [0.2, 0.25) is 0 Å². The van der Waals surface area contributed by atoms with Crippen LogP contribution in [0.1, 0.15) is 6.85 Å². The van der Waals surface area contributed by atoms with Crippen molar-refractivity contribution in [3.8, 4) is 33.6 Å². The van der Waals surface area contributed by atoms with Crippen LogP contribution in [0.5, 0.6) is 0 Å². The Labute approximate surface area is 246 Å². The minimum Gasteiger partial charge on any atom is -0.500 e. The summed E-state index contributed by atoms with van der Waals surface area (Å²) in [6.07, 6.45) is 3.43. The first-order chi connectivity index (χ1) is 20.9. The molecule has 0 aliphatic rings. The zero-order valence-electron chi connectivity index (χ0n) is 25.3. The molecule has 3 aromatic heterocycles. The average molecular weight is 690 g/mol. The van der Waals surface area contributed by atoms with Crippen molar-refractivity contribution in [1.29, 1.82) is 0 Å². The van der Waals surface area contributed by atoms with Crippen LogP contribution in [0.15, 0.2) is 132 Å². The Kier molecular flexibility index (Phi) is 6.29. The van der Waals surface area contributed by atoms with Crippen LogP contribution in [0.4, 0.5) is 4.39 Å². The van der Waals surface area contributed by atoms with Gasteiger partial charge in [0, 0.05) is 37.9 Å². The summed E-state index contributed by atoms with van der Waals surface area (Å²) in [6.45, 7) is 0. The molecule has 5 heteroatoms. The molecule has 0 saturated heterocycles. The normalized spacial score (nSPS) is 12.3. The average Bonchev–Trinajstić information content (AvgIpc) is 3.44. The van der Waals surface area contributed by atoms with Gasteiger partial charge in [-0.15, -0.1) is 54.1 Å². The smallest absolute Gasteiger partial charge is 0.134 e. The molecule has 7 rings (SSSR count). The number of hydrogen-bond donors (Lipinski definition) is 0. The quantitative estimate of drug-likeness (QED) is 0.174. The van der Waals surface area contributed by atoms with Gasteiger partial charge in [0.1, 0.15) is 11.4 Å². The molecule has 39 heavy (non-hydrogen) atoms. The number of pyridine rings is 2. The van der Waals surface area contributed by atoms with Gasteiger partial charge in [-0.25, -0.2) is 4.39 Å². The van der Waals surface area contributed by atoms with Crippen molar-refractivity contribution in [2.45, 2.75) is 0 Å². The van der Waals surface area contributed by atoms with E-state index in [1.807, 2.05) is 48.5 Å². The molecule has 1 radical (unpaired) electrons. The molecular formula is C34H21FIrN2O-2. The maximum atomic E-state index is 15.1. The van der Waals surface area contributed by atoms with E-state index in [2.05, 4.69) is 22.1 Å². The number of rotatable bonds is 3. The monoisotopic (exact) mass is 690 g/mol. The summed E-state index contributed by atoms with van der Waals surface area (Å²) in [7, 11) is 0. The maximum Gasteiger partial charge on any atom is 0.134 e. The molecule has 0 fully saturated rings. The fourth-order valence-corrected chi connectivity index (χ4v) is 4.16. The van der Waals surface area contributed by atoms with E-state index in [1.54, 1.807) is 42.7 Å². The molecule has 0 spiro atoms. The molecular weight excluding hydrogens is 664 g/mol. The van der Waals surface area contributed by atoms with Gasteiger partial charge in [0.05, 0.1) is 18.0 Å². The van der Waals surface area contributed by atoms with Crippen LogP contribution in [-0.2, 0) is 20.1 Å². The Hall–Kier alpha value is -4.44. The number of fused-ring (bicyclic) bond motifs is 3. The van der Waals surface area contributed by atoms with E-state index < -0.39 is 36.0 Å². The fraction of sp³-hybridized carbons (Fsp3) is 0. The predicted octanol–water partition coefficient (Wildman–Crippen LogP) is 8.80. The maximum absolute atomic E-state index is 15.1. The Morgan fingerprint density at radius 3 is 2.10 bits per heavy atom. The molecule has 0 N–H and O–H groups in total. The Balaban J connectivity index is 0.000000248. The molecule has 4 aromatic carbocycles. The molecule has 191 valence electrons. The van der Waals surface area contributed by atoms with Crippen molar-refractivity contribution in [3.05, 3.63) is 145 Å². The molecule has 0 bridgehead atoms. The first-order valence-electron chi connectivity index (χ1n) is 14.3. The summed E-state index contributed by atoms with van der Waals surface area (Å²) in [4.78, 5) is 8.55. The Morgan fingerprint density at radius 1 is 0.692 bits per heavy atom. The van der Waals surface area contributed by atoms with Crippen LogP contribution in [0.2, 0.25) is 0 Å². The van der Waals surface area contributed by atoms with E-state index >= 15 is 4.39 Å². The van der Waals surface area contributed by atoms with Gasteiger partial charge >= 0.3 is 0 Å². The van der Waals surface area contributed by atoms with Crippen molar-refractivity contribution < 1.29 is 35.8 Å². The number of halogens is 1. The molecule has 0 aliphatic heterocycles. The minimum atomic E-state index is -0.742. The summed E-state index contributed by atoms with van der Waals surface area (Å²) in [6, 6.07) is 29.0. The number of furan rings is 1. The van der Waals surface area contributed by atoms with E-state index in [9.17, 15) is 0 Å². The van der Waals surface area contributed by atoms with Crippen molar-refractivity contribution in [1.82, 2.24) is 9.97 Å². The van der Waals surface area contributed by atoms with Crippen LogP contribution >= 0.6 is 0 Å². The SMILES string of the molecule is [2H]c1c([2H])c([2H])c(-c2c(F)ccc3c2oc2c(-c4ccccn4)[c-]ccc23)c([2H])c1[2H].[Ir].[c-]1ccccc1-c1ccccn1. The summed E-state index contributed by atoms with van der Waals surface area (Å²) in [5.74, 6) is -0.742. The van der Waals surface area contributed by atoms with Gasteiger partial charge in [-0.2, -0.15) is 0 Å². The molecule has 0 amide bonds. The number of nitrogens with zero attached hydrogens (tertiary/aromatic N) is 2. The summed E-state index contributed by atoms with van der Waals surface area (Å²) >= 11 is 0. The van der Waals surface area contributed by atoms with Crippen LogP contribution < -0.4 is 0 Å². The van der Waals surface area contributed by atoms with Crippen LogP contribution in [0, 0.1) is 17.9 Å². The third kappa shape index (κ3) is 5.42. The van der Waals surface area contributed by atoms with E-state index in [0.717, 1.165) is 11.3 Å². The first-order valence-corrected chi connectivity index (χ1v) is 11.8. The van der Waals surface area contributed by atoms with Gasteiger partial charge in [0.25, 0.3) is 0 Å². The summed E-state index contributed by atoms with van der Waals surface area (Å²) in [5.41, 5.74) is 3.34. The summed E-state index contributed by atoms with van der Waals surface area (Å²) < 4.78 is 61.3. The predicted molar refractivity (Wildman–Crippen MR) is 150 cm³/mol. The third-order valence-electron chi connectivity index (χ3n) is 5.87. The Morgan fingerprint density at radius 2 is 1.41 bits per heavy atom. The fourth-order valence-electron chi connectivity index (χ4n) is 4.16. The standard InChI is InChI=1S/C23H13FNO.C11H8N.Ir/c24-19-13-12-17-16-9-6-10-18(20-11-4-5-14-25-20)22(16)26-23(17)21(19)15-7-2-1-3-8-15;1-2-6-10(7-3-1)11-8-4-5-9-12-11;/h1-9,11-14H;1-6,8-9H;/q2*-1;/i1D,2D,3D,7D,8D;;. The van der Waals surface area contributed by atoms with Gasteiger partial charge in [-0.3, -0.25) is 0 Å². The first kappa shape index (κ1) is 20.5. The van der Waals surface area contributed by atoms with Gasteiger partial charge in [-0.05, 0) is 41.2 Å². The molecule has 0 aliphatic carbocycles. The minimum absolute atomic E-state index is 0. The number of hydrogen-bond acceptors (Lipinski definition) is 3. The van der Waals surface area contributed by atoms with Gasteiger partial charge in [-0.1, -0.05) is 65.4 Å². The van der Waals surface area contributed by atoms with Crippen molar-refractivity contribution >= 4 is 21.9 Å². The third-order valence-corrected chi connectivity index (χ3v) is 5.87. The van der Waals surface area contributed by atoms with Crippen molar-refractivity contribution in [3.63, 3.8) is 0 Å². The van der Waals surface area contributed by atoms with Crippen LogP contribution in [-0.4, -0.2) is 9.97 Å². The second kappa shape index (κ2) is 12.0. The number of benzene rings is 4. The van der Waals surface area contributed by atoms with E-state index in [4.69, 9.17) is 11.3 Å². The zero-order chi connectivity index (χ0) is 30.1.